The van der Waals surface area contributed by atoms with E-state index in [1.807, 2.05) is 30.3 Å². The number of anilines is 1. The van der Waals surface area contributed by atoms with Crippen molar-refractivity contribution in [2.75, 3.05) is 23.2 Å². The van der Waals surface area contributed by atoms with E-state index in [4.69, 9.17) is 4.74 Å². The maximum Gasteiger partial charge on any atom is 0.331 e. The van der Waals surface area contributed by atoms with Gasteiger partial charge >= 0.3 is 5.97 Å². The van der Waals surface area contributed by atoms with Crippen LogP contribution in [0.25, 0.3) is 17.0 Å². The van der Waals surface area contributed by atoms with Gasteiger partial charge in [0.2, 0.25) is 10.0 Å². The Morgan fingerprint density at radius 1 is 1.12 bits per heavy atom. The van der Waals surface area contributed by atoms with Crippen molar-refractivity contribution in [2.45, 2.75) is 13.3 Å². The third-order valence-electron chi connectivity index (χ3n) is 5.31. The molecule has 8 heteroatoms. The van der Waals surface area contributed by atoms with E-state index >= 15 is 0 Å². The Bertz CT molecular complexity index is 1330. The molecule has 1 aliphatic rings. The monoisotopic (exact) mass is 450 g/mol. The van der Waals surface area contributed by atoms with Crippen molar-refractivity contribution in [3.63, 3.8) is 0 Å². The van der Waals surface area contributed by atoms with E-state index in [9.17, 15) is 18.0 Å². The number of rotatable bonds is 7. The van der Waals surface area contributed by atoms with Crippen molar-refractivity contribution in [2.24, 2.45) is 0 Å². The number of ketones is 1. The summed E-state index contributed by atoms with van der Waals surface area (Å²) in [7, 11) is -3.34. The summed E-state index contributed by atoms with van der Waals surface area (Å²) in [5.41, 5.74) is 3.21. The van der Waals surface area contributed by atoms with Gasteiger partial charge in [-0.1, -0.05) is 24.3 Å². The predicted octanol–water partition coefficient (Wildman–Crippen LogP) is 3.39. The number of esters is 1. The highest BCUT2D eigenvalue weighted by Gasteiger charge is 2.28. The lowest BCUT2D eigenvalue weighted by atomic mass is 10.1. The molecule has 0 aliphatic carbocycles. The molecule has 0 N–H and O–H groups in total. The van der Waals surface area contributed by atoms with Gasteiger partial charge in [0.1, 0.15) is 0 Å². The summed E-state index contributed by atoms with van der Waals surface area (Å²) >= 11 is 0. The minimum atomic E-state index is -3.34. The molecule has 2 aromatic carbocycles. The number of ether oxygens (including phenoxy) is 1. The van der Waals surface area contributed by atoms with Gasteiger partial charge < -0.3 is 4.74 Å². The summed E-state index contributed by atoms with van der Waals surface area (Å²) in [5, 5.41) is 1.00. The van der Waals surface area contributed by atoms with Crippen LogP contribution in [-0.4, -0.2) is 44.1 Å². The molecule has 0 spiro atoms. The molecule has 2 heterocycles. The molecule has 0 radical (unpaired) electrons. The number of hydrogen-bond acceptors (Lipinski definition) is 6. The number of fused-ring (bicyclic) bond motifs is 2. The molecule has 0 fully saturated rings. The summed E-state index contributed by atoms with van der Waals surface area (Å²) < 4.78 is 30.8. The van der Waals surface area contributed by atoms with Crippen LogP contribution in [0.15, 0.2) is 60.7 Å². The fraction of sp³-hybridized carbons (Fsp3) is 0.208. The fourth-order valence-electron chi connectivity index (χ4n) is 3.59. The predicted molar refractivity (Wildman–Crippen MR) is 123 cm³/mol. The van der Waals surface area contributed by atoms with Crippen LogP contribution in [0.3, 0.4) is 0 Å². The molecule has 1 aromatic heterocycles. The van der Waals surface area contributed by atoms with Gasteiger partial charge in [-0.15, -0.1) is 0 Å². The molecule has 0 bridgehead atoms. The van der Waals surface area contributed by atoms with Gasteiger partial charge in [-0.05, 0) is 55.3 Å². The van der Waals surface area contributed by atoms with E-state index in [0.717, 1.165) is 16.5 Å². The van der Waals surface area contributed by atoms with Crippen LogP contribution < -0.4 is 4.31 Å². The van der Waals surface area contributed by atoms with E-state index in [1.54, 1.807) is 31.2 Å². The molecular weight excluding hydrogens is 428 g/mol. The van der Waals surface area contributed by atoms with E-state index < -0.39 is 22.6 Å². The van der Waals surface area contributed by atoms with Crippen molar-refractivity contribution in [3.05, 3.63) is 77.5 Å². The normalized spacial score (nSPS) is 13.5. The molecule has 164 valence electrons. The number of aromatic nitrogens is 1. The largest absolute Gasteiger partial charge is 0.454 e. The first-order valence-electron chi connectivity index (χ1n) is 10.2. The maximum absolute atomic E-state index is 12.5. The second-order valence-corrected chi connectivity index (χ2v) is 9.54. The Hall–Kier alpha value is -3.52. The van der Waals surface area contributed by atoms with Gasteiger partial charge in [-0.25, -0.2) is 18.2 Å². The number of pyridine rings is 1. The molecule has 3 aromatic rings. The second kappa shape index (κ2) is 8.92. The number of sulfonamides is 1. The minimum Gasteiger partial charge on any atom is -0.454 e. The molecule has 0 atom stereocenters. The van der Waals surface area contributed by atoms with Gasteiger partial charge in [0.25, 0.3) is 0 Å². The number of nitrogens with zero attached hydrogens (tertiary/aromatic N) is 2. The third-order valence-corrected chi connectivity index (χ3v) is 7.09. The van der Waals surface area contributed by atoms with Crippen LogP contribution >= 0.6 is 0 Å². The quantitative estimate of drug-likeness (QED) is 0.311. The van der Waals surface area contributed by atoms with E-state index in [2.05, 4.69) is 4.98 Å². The van der Waals surface area contributed by atoms with Crippen LogP contribution in [0.2, 0.25) is 0 Å². The molecule has 7 nitrogen and oxygen atoms in total. The summed E-state index contributed by atoms with van der Waals surface area (Å²) in [5.74, 6) is -0.976. The van der Waals surface area contributed by atoms with Crippen LogP contribution in [0.5, 0.6) is 0 Å². The molecular formula is C24H22N2O5S. The summed E-state index contributed by atoms with van der Waals surface area (Å²) in [6, 6.07) is 16.2. The number of carbonyl (C=O) groups excluding carboxylic acids is 2. The Labute approximate surface area is 186 Å². The minimum absolute atomic E-state index is 0.0192. The zero-order chi connectivity index (χ0) is 22.7. The van der Waals surface area contributed by atoms with E-state index in [1.165, 1.54) is 16.5 Å². The van der Waals surface area contributed by atoms with Crippen LogP contribution in [-0.2, 0) is 26.0 Å². The average Bonchev–Trinajstić information content (AvgIpc) is 3.25. The number of carbonyl (C=O) groups is 2. The SMILES string of the molecule is CCS(=O)(=O)N1CCc2cc(C(=O)COC(=O)/C=C/c3ccc4ccccc4n3)ccc21. The van der Waals surface area contributed by atoms with Crippen molar-refractivity contribution >= 4 is 44.4 Å². The Morgan fingerprint density at radius 2 is 1.94 bits per heavy atom. The van der Waals surface area contributed by atoms with Gasteiger partial charge in [0, 0.05) is 23.6 Å². The Morgan fingerprint density at radius 3 is 2.75 bits per heavy atom. The number of para-hydroxylation sites is 1. The molecule has 0 saturated carbocycles. The van der Waals surface area contributed by atoms with E-state index in [0.29, 0.717) is 29.9 Å². The molecule has 0 unspecified atom stereocenters. The number of hydrogen-bond donors (Lipinski definition) is 0. The van der Waals surface area contributed by atoms with Crippen LogP contribution in [0, 0.1) is 0 Å². The van der Waals surface area contributed by atoms with Crippen molar-refractivity contribution in [3.8, 4) is 0 Å². The van der Waals surface area contributed by atoms with Gasteiger partial charge in [-0.3, -0.25) is 9.10 Å². The molecule has 0 amide bonds. The fourth-order valence-corrected chi connectivity index (χ4v) is 4.74. The maximum atomic E-state index is 12.5. The lowest BCUT2D eigenvalue weighted by Crippen LogP contribution is -2.30. The molecule has 4 rings (SSSR count). The second-order valence-electron chi connectivity index (χ2n) is 7.36. The van der Waals surface area contributed by atoms with Crippen molar-refractivity contribution in [1.82, 2.24) is 4.98 Å². The highest BCUT2D eigenvalue weighted by atomic mass is 32.2. The molecule has 1 aliphatic heterocycles. The summed E-state index contributed by atoms with van der Waals surface area (Å²) in [4.78, 5) is 28.9. The lowest BCUT2D eigenvalue weighted by molar-refractivity contribution is -0.136. The van der Waals surface area contributed by atoms with Crippen molar-refractivity contribution in [1.29, 1.82) is 0 Å². The van der Waals surface area contributed by atoms with Crippen molar-refractivity contribution < 1.29 is 22.7 Å². The van der Waals surface area contributed by atoms with Gasteiger partial charge in [0.05, 0.1) is 22.7 Å². The highest BCUT2D eigenvalue weighted by Crippen LogP contribution is 2.31. The topological polar surface area (TPSA) is 93.6 Å². The Balaban J connectivity index is 1.37. The summed E-state index contributed by atoms with van der Waals surface area (Å²) in [6.45, 7) is 1.57. The van der Waals surface area contributed by atoms with Gasteiger partial charge in [-0.2, -0.15) is 0 Å². The zero-order valence-electron chi connectivity index (χ0n) is 17.5. The Kier molecular flexibility index (Phi) is 6.05. The van der Waals surface area contributed by atoms with E-state index in [-0.39, 0.29) is 11.5 Å². The number of benzene rings is 2. The standard InChI is InChI=1S/C24H22N2O5S/c1-2-32(29,30)26-14-13-18-15-19(8-11-22(18)26)23(27)16-31-24(28)12-10-20-9-7-17-5-3-4-6-21(17)25-20/h3-12,15H,2,13-14,16H2,1H3/b12-10+. The molecule has 32 heavy (non-hydrogen) atoms. The van der Waals surface area contributed by atoms with Gasteiger partial charge in [0.15, 0.2) is 12.4 Å². The number of Topliss-reactive ketones (excluding diaryl/α,β-unsaturated/α-hetero) is 1. The zero-order valence-corrected chi connectivity index (χ0v) is 18.3. The lowest BCUT2D eigenvalue weighted by Gasteiger charge is -2.18. The average molecular weight is 451 g/mol. The molecule has 0 saturated heterocycles. The first kappa shape index (κ1) is 21.7. The first-order valence-corrected chi connectivity index (χ1v) is 11.9. The third kappa shape index (κ3) is 4.55. The van der Waals surface area contributed by atoms with Crippen LogP contribution in [0.1, 0.15) is 28.5 Å². The first-order chi connectivity index (χ1) is 15.4. The van der Waals surface area contributed by atoms with Crippen LogP contribution in [0.4, 0.5) is 5.69 Å². The summed E-state index contributed by atoms with van der Waals surface area (Å²) in [6.07, 6.45) is 3.31. The smallest absolute Gasteiger partial charge is 0.331 e. The highest BCUT2D eigenvalue weighted by molar-refractivity contribution is 7.92.